The van der Waals surface area contributed by atoms with Gasteiger partial charge < -0.3 is 4.74 Å². The second kappa shape index (κ2) is 5.01. The summed E-state index contributed by atoms with van der Waals surface area (Å²) in [7, 11) is 0. The topological polar surface area (TPSA) is 26.3 Å². The number of hydrogen-bond donors (Lipinski definition) is 0. The molecule has 0 aromatic heterocycles. The highest BCUT2D eigenvalue weighted by Gasteiger charge is 2.77. The van der Waals surface area contributed by atoms with E-state index in [0.717, 1.165) is 55.5 Å². The van der Waals surface area contributed by atoms with Crippen LogP contribution >= 0.6 is 0 Å². The van der Waals surface area contributed by atoms with E-state index >= 15 is 0 Å². The van der Waals surface area contributed by atoms with Gasteiger partial charge in [0.2, 0.25) is 0 Å². The summed E-state index contributed by atoms with van der Waals surface area (Å²) < 4.78 is 6.56. The van der Waals surface area contributed by atoms with E-state index in [1.165, 1.54) is 36.8 Å². The molecular weight excluding hydrogens is 320 g/mol. The van der Waals surface area contributed by atoms with E-state index in [4.69, 9.17) is 4.74 Å². The number of allylic oxidation sites excluding steroid dienone is 2. The minimum absolute atomic E-state index is 0.0437. The molecular formula is C24H30O2. The van der Waals surface area contributed by atoms with Crippen LogP contribution in [0.15, 0.2) is 36.0 Å². The van der Waals surface area contributed by atoms with E-state index < -0.39 is 0 Å². The number of ether oxygens (including phenoxy) is 1. The van der Waals surface area contributed by atoms with E-state index in [1.54, 1.807) is 0 Å². The third-order valence-corrected chi connectivity index (χ3v) is 9.44. The Morgan fingerprint density at radius 1 is 1.27 bits per heavy atom. The van der Waals surface area contributed by atoms with Crippen LogP contribution in [-0.4, -0.2) is 18.0 Å². The Balaban J connectivity index is 1.43. The molecule has 8 atom stereocenters. The molecule has 0 bridgehead atoms. The summed E-state index contributed by atoms with van der Waals surface area (Å²) in [5.74, 6) is 4.89. The van der Waals surface area contributed by atoms with Crippen LogP contribution in [0.1, 0.15) is 51.9 Å². The molecule has 0 amide bonds. The molecule has 6 rings (SSSR count). The maximum absolute atomic E-state index is 12.0. The molecule has 0 radical (unpaired) electrons. The van der Waals surface area contributed by atoms with Crippen LogP contribution in [0.4, 0.5) is 0 Å². The summed E-state index contributed by atoms with van der Waals surface area (Å²) in [6, 6.07) is 0. The highest BCUT2D eigenvalue weighted by molar-refractivity contribution is 5.92. The average Bonchev–Trinajstić information content (AvgIpc) is 3.21. The lowest BCUT2D eigenvalue weighted by atomic mass is 9.47. The Morgan fingerprint density at radius 2 is 2.15 bits per heavy atom. The molecule has 0 aromatic rings. The third kappa shape index (κ3) is 1.67. The van der Waals surface area contributed by atoms with Crippen LogP contribution < -0.4 is 0 Å². The maximum Gasteiger partial charge on any atom is 0.156 e. The molecule has 1 aliphatic heterocycles. The Hall–Kier alpha value is -1.15. The zero-order valence-electron chi connectivity index (χ0n) is 15.9. The lowest BCUT2D eigenvalue weighted by molar-refractivity contribution is -0.140. The highest BCUT2D eigenvalue weighted by atomic mass is 16.5. The van der Waals surface area contributed by atoms with Gasteiger partial charge in [-0.05, 0) is 85.7 Å². The molecule has 0 saturated heterocycles. The fourth-order valence-electron chi connectivity index (χ4n) is 8.62. The summed E-state index contributed by atoms with van der Waals surface area (Å²) in [5, 5.41) is 0. The molecule has 0 N–H and O–H groups in total. The van der Waals surface area contributed by atoms with Gasteiger partial charge in [-0.2, -0.15) is 0 Å². The molecule has 0 aromatic carbocycles. The van der Waals surface area contributed by atoms with Crippen molar-refractivity contribution in [3.8, 4) is 0 Å². The van der Waals surface area contributed by atoms with Crippen LogP contribution in [0.25, 0.3) is 0 Å². The van der Waals surface area contributed by atoms with Crippen molar-refractivity contribution in [1.82, 2.24) is 0 Å². The number of rotatable bonds is 1. The van der Waals surface area contributed by atoms with Crippen molar-refractivity contribution >= 4 is 5.78 Å². The van der Waals surface area contributed by atoms with Crippen LogP contribution in [0.3, 0.4) is 0 Å². The van der Waals surface area contributed by atoms with Gasteiger partial charge in [-0.15, -0.1) is 0 Å². The molecule has 4 saturated carbocycles. The largest absolute Gasteiger partial charge is 0.366 e. The summed E-state index contributed by atoms with van der Waals surface area (Å²) >= 11 is 0. The third-order valence-electron chi connectivity index (χ3n) is 9.44. The monoisotopic (exact) mass is 350 g/mol. The number of hydrogen-bond acceptors (Lipinski definition) is 2. The van der Waals surface area contributed by atoms with Gasteiger partial charge in [-0.3, -0.25) is 4.79 Å². The molecule has 2 heteroatoms. The van der Waals surface area contributed by atoms with Gasteiger partial charge in [0, 0.05) is 11.8 Å². The average molecular weight is 351 g/mol. The van der Waals surface area contributed by atoms with Crippen molar-refractivity contribution in [2.45, 2.75) is 57.5 Å². The SMILES string of the molecule is C=C1CC2C(CC[C@@]3(CC)C2C2CC2[C@@]32C=CCO2)C2CCC(=O)C=C12. The summed E-state index contributed by atoms with van der Waals surface area (Å²) in [5.41, 5.74) is 2.99. The van der Waals surface area contributed by atoms with Gasteiger partial charge in [0.1, 0.15) is 0 Å². The van der Waals surface area contributed by atoms with Crippen molar-refractivity contribution in [3.05, 3.63) is 36.0 Å². The second-order valence-electron chi connectivity index (χ2n) is 9.93. The van der Waals surface area contributed by atoms with E-state index in [9.17, 15) is 4.79 Å². The zero-order chi connectivity index (χ0) is 17.7. The molecule has 1 heterocycles. The molecule has 138 valence electrons. The Bertz CT molecular complexity index is 760. The quantitative estimate of drug-likeness (QED) is 0.631. The second-order valence-corrected chi connectivity index (χ2v) is 9.93. The molecule has 4 fully saturated rings. The van der Waals surface area contributed by atoms with Crippen LogP contribution in [0.5, 0.6) is 0 Å². The van der Waals surface area contributed by atoms with E-state index in [2.05, 4.69) is 25.7 Å². The van der Waals surface area contributed by atoms with E-state index in [1.807, 2.05) is 6.08 Å². The number of fused-ring (bicyclic) bond motifs is 9. The molecule has 6 unspecified atom stereocenters. The van der Waals surface area contributed by atoms with Gasteiger partial charge in [0.15, 0.2) is 5.78 Å². The zero-order valence-corrected chi connectivity index (χ0v) is 15.9. The van der Waals surface area contributed by atoms with Crippen molar-refractivity contribution < 1.29 is 9.53 Å². The van der Waals surface area contributed by atoms with Gasteiger partial charge in [-0.1, -0.05) is 31.2 Å². The predicted molar refractivity (Wildman–Crippen MR) is 101 cm³/mol. The van der Waals surface area contributed by atoms with Gasteiger partial charge in [0.05, 0.1) is 12.2 Å². The standard InChI is InChI=1S/C24H30O2/c1-3-23-9-7-17-16-6-5-15(25)12-18(16)14(2)11-19(17)22(23)20-13-21(20)24(23)8-4-10-26-24/h4,8,12,16-17,19-22H,2-3,5-7,9-11,13H2,1H3/t16?,17?,19?,20?,21?,22?,23-,24-/m0/s1. The molecule has 26 heavy (non-hydrogen) atoms. The van der Waals surface area contributed by atoms with Crippen molar-refractivity contribution in [2.75, 3.05) is 6.61 Å². The minimum Gasteiger partial charge on any atom is -0.366 e. The molecule has 5 aliphatic carbocycles. The van der Waals surface area contributed by atoms with Crippen molar-refractivity contribution in [3.63, 3.8) is 0 Å². The summed E-state index contributed by atoms with van der Waals surface area (Å²) in [4.78, 5) is 12.0. The first-order valence-corrected chi connectivity index (χ1v) is 10.9. The van der Waals surface area contributed by atoms with E-state index in [0.29, 0.717) is 17.1 Å². The summed E-state index contributed by atoms with van der Waals surface area (Å²) in [6.45, 7) is 7.68. The number of carbonyl (C=O) groups is 1. The first-order chi connectivity index (χ1) is 12.6. The number of carbonyl (C=O) groups excluding carboxylic acids is 1. The maximum atomic E-state index is 12.0. The Morgan fingerprint density at radius 3 is 2.92 bits per heavy atom. The lowest BCUT2D eigenvalue weighted by Crippen LogP contribution is -2.56. The highest BCUT2D eigenvalue weighted by Crippen LogP contribution is 2.78. The Kier molecular flexibility index (Phi) is 3.06. The predicted octanol–water partition coefficient (Wildman–Crippen LogP) is 4.87. The number of ketones is 1. The van der Waals surface area contributed by atoms with Crippen molar-refractivity contribution in [2.24, 2.45) is 40.9 Å². The molecule has 2 nitrogen and oxygen atoms in total. The lowest BCUT2D eigenvalue weighted by Gasteiger charge is -2.58. The van der Waals surface area contributed by atoms with E-state index in [-0.39, 0.29) is 5.60 Å². The van der Waals surface area contributed by atoms with Gasteiger partial charge in [-0.25, -0.2) is 0 Å². The smallest absolute Gasteiger partial charge is 0.156 e. The van der Waals surface area contributed by atoms with Crippen LogP contribution in [0, 0.1) is 40.9 Å². The van der Waals surface area contributed by atoms with Gasteiger partial charge in [0.25, 0.3) is 0 Å². The fourth-order valence-corrected chi connectivity index (χ4v) is 8.62. The Labute approximate surface area is 156 Å². The summed E-state index contributed by atoms with van der Waals surface area (Å²) in [6.07, 6.45) is 14.9. The van der Waals surface area contributed by atoms with Gasteiger partial charge >= 0.3 is 0 Å². The fraction of sp³-hybridized carbons (Fsp3) is 0.708. The first kappa shape index (κ1) is 15.9. The van der Waals surface area contributed by atoms with Crippen LogP contribution in [-0.2, 0) is 9.53 Å². The molecule has 1 spiro atoms. The molecule has 6 aliphatic rings. The normalized spacial score (nSPS) is 53.8. The van der Waals surface area contributed by atoms with Crippen molar-refractivity contribution in [1.29, 1.82) is 0 Å². The minimum atomic E-state index is 0.0437. The van der Waals surface area contributed by atoms with Crippen LogP contribution in [0.2, 0.25) is 0 Å². The first-order valence-electron chi connectivity index (χ1n) is 10.9.